The molecule has 6 heteroatoms. The molecule has 0 aliphatic carbocycles. The smallest absolute Gasteiger partial charge is 0.265 e. The van der Waals surface area contributed by atoms with Gasteiger partial charge in [0.15, 0.2) is 0 Å². The first kappa shape index (κ1) is 25.8. The standard InChI is InChI=1S/C32H27ClN2O2S/c1-22-6-2-3-7-26(22)21-35-28-8-4-5-9-29(28)38-30(32(35)37)20-24-10-14-25(15-11-24)31(36)34-19-18-23-12-16-27(33)17-13-23/h2-17,20H,18-19,21H2,1H3,(H,34,36). The van der Waals surface area contributed by atoms with Crippen molar-refractivity contribution in [1.29, 1.82) is 0 Å². The number of nitrogens with zero attached hydrogens (tertiary/aromatic N) is 1. The average molecular weight is 539 g/mol. The molecule has 5 rings (SSSR count). The zero-order valence-corrected chi connectivity index (χ0v) is 22.6. The Morgan fingerprint density at radius 3 is 2.39 bits per heavy atom. The van der Waals surface area contributed by atoms with E-state index in [1.807, 2.05) is 83.8 Å². The first-order valence-electron chi connectivity index (χ1n) is 12.5. The second kappa shape index (κ2) is 11.7. The highest BCUT2D eigenvalue weighted by atomic mass is 35.5. The van der Waals surface area contributed by atoms with Crippen LogP contribution in [0.5, 0.6) is 0 Å². The van der Waals surface area contributed by atoms with Gasteiger partial charge in [-0.05, 0) is 78.1 Å². The fourth-order valence-electron chi connectivity index (χ4n) is 4.33. The Morgan fingerprint density at radius 2 is 1.63 bits per heavy atom. The number of amides is 2. The van der Waals surface area contributed by atoms with Gasteiger partial charge in [0.25, 0.3) is 11.8 Å². The predicted octanol–water partition coefficient (Wildman–Crippen LogP) is 7.30. The molecule has 1 N–H and O–H groups in total. The number of hydrogen-bond donors (Lipinski definition) is 1. The molecule has 0 fully saturated rings. The molecule has 0 spiro atoms. The van der Waals surface area contributed by atoms with Crippen molar-refractivity contribution in [2.75, 3.05) is 11.4 Å². The third-order valence-corrected chi connectivity index (χ3v) is 7.83. The van der Waals surface area contributed by atoms with Crippen LogP contribution in [0.15, 0.2) is 107 Å². The van der Waals surface area contributed by atoms with Crippen LogP contribution < -0.4 is 10.2 Å². The first-order chi connectivity index (χ1) is 18.5. The number of nitrogens with one attached hydrogen (secondary N) is 1. The van der Waals surface area contributed by atoms with Gasteiger partial charge in [-0.2, -0.15) is 0 Å². The summed E-state index contributed by atoms with van der Waals surface area (Å²) in [6.45, 7) is 3.11. The van der Waals surface area contributed by atoms with Gasteiger partial charge in [0.1, 0.15) is 0 Å². The molecule has 0 unspecified atom stereocenters. The van der Waals surface area contributed by atoms with Gasteiger partial charge in [-0.3, -0.25) is 9.59 Å². The van der Waals surface area contributed by atoms with E-state index in [-0.39, 0.29) is 11.8 Å². The van der Waals surface area contributed by atoms with Crippen molar-refractivity contribution >= 4 is 46.9 Å². The maximum Gasteiger partial charge on any atom is 0.265 e. The van der Waals surface area contributed by atoms with E-state index in [0.29, 0.717) is 28.6 Å². The van der Waals surface area contributed by atoms with Crippen LogP contribution in [-0.4, -0.2) is 18.4 Å². The van der Waals surface area contributed by atoms with E-state index in [0.717, 1.165) is 39.3 Å². The van der Waals surface area contributed by atoms with Crippen molar-refractivity contribution in [3.05, 3.63) is 135 Å². The highest BCUT2D eigenvalue weighted by Gasteiger charge is 2.29. The number of thioether (sulfide) groups is 1. The Hall–Kier alpha value is -3.80. The van der Waals surface area contributed by atoms with Crippen LogP contribution in [0.25, 0.3) is 6.08 Å². The van der Waals surface area contributed by atoms with Crippen LogP contribution in [0.1, 0.15) is 32.6 Å². The van der Waals surface area contributed by atoms with Crippen molar-refractivity contribution < 1.29 is 9.59 Å². The molecular formula is C32H27ClN2O2S. The molecule has 4 aromatic rings. The number of benzene rings is 4. The van der Waals surface area contributed by atoms with Crippen molar-refractivity contribution in [2.24, 2.45) is 0 Å². The Kier molecular flexibility index (Phi) is 7.97. The first-order valence-corrected chi connectivity index (χ1v) is 13.6. The number of fused-ring (bicyclic) bond motifs is 1. The normalized spacial score (nSPS) is 13.9. The molecule has 0 saturated heterocycles. The molecule has 1 aliphatic heterocycles. The van der Waals surface area contributed by atoms with E-state index in [2.05, 4.69) is 24.4 Å². The van der Waals surface area contributed by atoms with Crippen LogP contribution >= 0.6 is 23.4 Å². The molecule has 190 valence electrons. The van der Waals surface area contributed by atoms with E-state index >= 15 is 0 Å². The summed E-state index contributed by atoms with van der Waals surface area (Å²) in [4.78, 5) is 29.8. The minimum absolute atomic E-state index is 0.0269. The molecular weight excluding hydrogens is 512 g/mol. The number of anilines is 1. The van der Waals surface area contributed by atoms with Gasteiger partial charge in [0.2, 0.25) is 0 Å². The molecule has 0 saturated carbocycles. The van der Waals surface area contributed by atoms with E-state index < -0.39 is 0 Å². The highest BCUT2D eigenvalue weighted by Crippen LogP contribution is 2.42. The molecule has 1 aliphatic rings. The van der Waals surface area contributed by atoms with Crippen LogP contribution in [0, 0.1) is 6.92 Å². The number of aryl methyl sites for hydroxylation is 1. The van der Waals surface area contributed by atoms with Crippen LogP contribution in [0.2, 0.25) is 5.02 Å². The van der Waals surface area contributed by atoms with Crippen LogP contribution in [0.3, 0.4) is 0 Å². The molecule has 1 heterocycles. The number of halogens is 1. The largest absolute Gasteiger partial charge is 0.352 e. The molecule has 2 amide bonds. The SMILES string of the molecule is Cc1ccccc1CN1C(=O)C(=Cc2ccc(C(=O)NCCc3ccc(Cl)cc3)cc2)Sc2ccccc21. The van der Waals surface area contributed by atoms with Gasteiger partial charge >= 0.3 is 0 Å². The van der Waals surface area contributed by atoms with Gasteiger partial charge < -0.3 is 10.2 Å². The zero-order valence-electron chi connectivity index (χ0n) is 21.0. The quantitative estimate of drug-likeness (QED) is 0.251. The number of carbonyl (C=O) groups is 2. The molecule has 0 bridgehead atoms. The van der Waals surface area contributed by atoms with E-state index in [1.165, 1.54) is 11.8 Å². The summed E-state index contributed by atoms with van der Waals surface area (Å²) < 4.78 is 0. The second-order valence-electron chi connectivity index (χ2n) is 9.15. The number of carbonyl (C=O) groups excluding carboxylic acids is 2. The van der Waals surface area contributed by atoms with Crippen LogP contribution in [0.4, 0.5) is 5.69 Å². The lowest BCUT2D eigenvalue weighted by atomic mass is 10.1. The lowest BCUT2D eigenvalue weighted by molar-refractivity contribution is -0.114. The third kappa shape index (κ3) is 6.01. The number of para-hydroxylation sites is 1. The number of hydrogen-bond acceptors (Lipinski definition) is 3. The average Bonchev–Trinajstić information content (AvgIpc) is 2.93. The van der Waals surface area contributed by atoms with Gasteiger partial charge in [-0.15, -0.1) is 0 Å². The highest BCUT2D eigenvalue weighted by molar-refractivity contribution is 8.04. The molecule has 0 atom stereocenters. The fourth-order valence-corrected chi connectivity index (χ4v) is 5.52. The lowest BCUT2D eigenvalue weighted by Crippen LogP contribution is -2.33. The van der Waals surface area contributed by atoms with Crippen molar-refractivity contribution in [2.45, 2.75) is 24.8 Å². The predicted molar refractivity (Wildman–Crippen MR) is 157 cm³/mol. The summed E-state index contributed by atoms with van der Waals surface area (Å²) in [6.07, 6.45) is 2.63. The van der Waals surface area contributed by atoms with Gasteiger partial charge in [-0.25, -0.2) is 0 Å². The number of rotatable bonds is 7. The van der Waals surface area contributed by atoms with E-state index in [1.54, 1.807) is 12.1 Å². The molecule has 38 heavy (non-hydrogen) atoms. The molecule has 4 nitrogen and oxygen atoms in total. The van der Waals surface area contributed by atoms with Crippen molar-refractivity contribution in [3.63, 3.8) is 0 Å². The summed E-state index contributed by atoms with van der Waals surface area (Å²) in [5.74, 6) is -0.152. The minimum Gasteiger partial charge on any atom is -0.352 e. The minimum atomic E-state index is -0.125. The summed E-state index contributed by atoms with van der Waals surface area (Å²) in [5, 5.41) is 3.66. The summed E-state index contributed by atoms with van der Waals surface area (Å²) in [7, 11) is 0. The van der Waals surface area contributed by atoms with Gasteiger partial charge in [-0.1, -0.05) is 84.0 Å². The molecule has 0 aromatic heterocycles. The fraction of sp³-hybridized carbons (Fsp3) is 0.125. The zero-order chi connectivity index (χ0) is 26.5. The Bertz CT molecular complexity index is 1500. The topological polar surface area (TPSA) is 49.4 Å². The summed E-state index contributed by atoms with van der Waals surface area (Å²) >= 11 is 7.41. The van der Waals surface area contributed by atoms with E-state index in [4.69, 9.17) is 11.6 Å². The van der Waals surface area contributed by atoms with Crippen LogP contribution in [-0.2, 0) is 17.8 Å². The Balaban J connectivity index is 1.29. The molecule has 4 aromatic carbocycles. The maximum atomic E-state index is 13.6. The van der Waals surface area contributed by atoms with E-state index in [9.17, 15) is 9.59 Å². The Morgan fingerprint density at radius 1 is 0.921 bits per heavy atom. The molecule has 0 radical (unpaired) electrons. The third-order valence-electron chi connectivity index (χ3n) is 6.50. The second-order valence-corrected chi connectivity index (χ2v) is 10.7. The summed E-state index contributed by atoms with van der Waals surface area (Å²) in [5.41, 5.74) is 5.76. The van der Waals surface area contributed by atoms with Crippen molar-refractivity contribution in [1.82, 2.24) is 5.32 Å². The maximum absolute atomic E-state index is 13.6. The monoisotopic (exact) mass is 538 g/mol. The lowest BCUT2D eigenvalue weighted by Gasteiger charge is -2.31. The van der Waals surface area contributed by atoms with Gasteiger partial charge in [0, 0.05) is 22.0 Å². The van der Waals surface area contributed by atoms with Crippen molar-refractivity contribution in [3.8, 4) is 0 Å². The Labute approximate surface area is 232 Å². The van der Waals surface area contributed by atoms with Gasteiger partial charge in [0.05, 0.1) is 17.1 Å². The summed E-state index contributed by atoms with van der Waals surface area (Å²) in [6, 6.07) is 31.1.